The van der Waals surface area contributed by atoms with Gasteiger partial charge in [0, 0.05) is 43.0 Å². The lowest BCUT2D eigenvalue weighted by molar-refractivity contribution is -0.133. The summed E-state index contributed by atoms with van der Waals surface area (Å²) in [5, 5.41) is 4.06. The summed E-state index contributed by atoms with van der Waals surface area (Å²) < 4.78 is 5.41. The van der Waals surface area contributed by atoms with Crippen LogP contribution < -0.4 is 5.32 Å². The van der Waals surface area contributed by atoms with Gasteiger partial charge in [0.2, 0.25) is 5.91 Å². The summed E-state index contributed by atoms with van der Waals surface area (Å²) in [4.78, 5) is 14.3. The van der Waals surface area contributed by atoms with E-state index >= 15 is 0 Å². The second kappa shape index (κ2) is 9.48. The van der Waals surface area contributed by atoms with Crippen LogP contribution in [0.3, 0.4) is 0 Å². The Labute approximate surface area is 149 Å². The van der Waals surface area contributed by atoms with Crippen molar-refractivity contribution in [1.29, 1.82) is 0 Å². The lowest BCUT2D eigenvalue weighted by Crippen LogP contribution is -2.46. The van der Waals surface area contributed by atoms with E-state index in [9.17, 15) is 4.79 Å². The third-order valence-electron chi connectivity index (χ3n) is 4.54. The number of hydrogen-bond donors (Lipinski definition) is 1. The molecule has 0 saturated carbocycles. The molecule has 1 saturated heterocycles. The average molecular weight is 361 g/mol. The van der Waals surface area contributed by atoms with E-state index in [0.717, 1.165) is 18.2 Å². The monoisotopic (exact) mass is 360 g/mol. The van der Waals surface area contributed by atoms with Gasteiger partial charge in [0.1, 0.15) is 0 Å². The number of amides is 1. The number of benzene rings is 1. The van der Waals surface area contributed by atoms with E-state index in [1.807, 2.05) is 36.2 Å². The Hall–Kier alpha value is -0.810. The topological polar surface area (TPSA) is 41.6 Å². The van der Waals surface area contributed by atoms with Crippen LogP contribution in [0.15, 0.2) is 24.3 Å². The van der Waals surface area contributed by atoms with Gasteiger partial charge in [-0.15, -0.1) is 12.4 Å². The average Bonchev–Trinajstić information content (AvgIpc) is 2.54. The van der Waals surface area contributed by atoms with Crippen molar-refractivity contribution in [1.82, 2.24) is 10.2 Å². The molecule has 1 heterocycles. The molecule has 1 aromatic rings. The fourth-order valence-electron chi connectivity index (χ4n) is 2.71. The molecule has 4 nitrogen and oxygen atoms in total. The van der Waals surface area contributed by atoms with Crippen molar-refractivity contribution in [3.05, 3.63) is 34.9 Å². The number of carbonyl (C=O) groups excluding carboxylic acids is 1. The molecule has 1 amide bonds. The Morgan fingerprint density at radius 3 is 2.61 bits per heavy atom. The van der Waals surface area contributed by atoms with Crippen LogP contribution in [-0.2, 0) is 9.53 Å². The first-order chi connectivity index (χ1) is 10.5. The highest BCUT2D eigenvalue weighted by molar-refractivity contribution is 6.30. The Morgan fingerprint density at radius 2 is 2.04 bits per heavy atom. The highest BCUT2D eigenvalue weighted by Gasteiger charge is 2.25. The zero-order valence-electron chi connectivity index (χ0n) is 13.9. The number of ether oxygens (including phenoxy) is 1. The molecule has 0 spiro atoms. The van der Waals surface area contributed by atoms with Crippen LogP contribution in [0, 0.1) is 0 Å². The maximum Gasteiger partial charge on any atom is 0.224 e. The van der Waals surface area contributed by atoms with Crippen molar-refractivity contribution in [2.24, 2.45) is 0 Å². The molecule has 0 aliphatic carbocycles. The second-order valence-corrected chi connectivity index (χ2v) is 6.45. The van der Waals surface area contributed by atoms with Crippen molar-refractivity contribution < 1.29 is 9.53 Å². The smallest absolute Gasteiger partial charge is 0.224 e. The van der Waals surface area contributed by atoms with E-state index in [4.69, 9.17) is 16.3 Å². The number of halogens is 2. The van der Waals surface area contributed by atoms with Crippen LogP contribution in [0.5, 0.6) is 0 Å². The highest BCUT2D eigenvalue weighted by Crippen LogP contribution is 2.24. The number of carbonyl (C=O) groups is 1. The first-order valence-electron chi connectivity index (χ1n) is 7.81. The number of rotatable bonds is 5. The molecule has 1 N–H and O–H groups in total. The lowest BCUT2D eigenvalue weighted by atomic mass is 9.93. The molecule has 2 rings (SSSR count). The summed E-state index contributed by atoms with van der Waals surface area (Å²) in [5.74, 6) is 0.401. The van der Waals surface area contributed by atoms with E-state index < -0.39 is 0 Å². The van der Waals surface area contributed by atoms with Crippen LogP contribution in [-0.4, -0.2) is 49.7 Å². The molecule has 3 unspecified atom stereocenters. The zero-order chi connectivity index (χ0) is 16.1. The molecule has 23 heavy (non-hydrogen) atoms. The first kappa shape index (κ1) is 20.2. The van der Waals surface area contributed by atoms with Crippen molar-refractivity contribution in [2.45, 2.75) is 38.3 Å². The summed E-state index contributed by atoms with van der Waals surface area (Å²) in [6.45, 7) is 6.38. The fraction of sp³-hybridized carbons (Fsp3) is 0.588. The molecule has 0 radical (unpaired) electrons. The van der Waals surface area contributed by atoms with Gasteiger partial charge in [-0.05, 0) is 24.6 Å². The molecular weight excluding hydrogens is 335 g/mol. The maximum absolute atomic E-state index is 12.5. The lowest BCUT2D eigenvalue weighted by Gasteiger charge is -2.32. The molecule has 1 aliphatic rings. The van der Waals surface area contributed by atoms with E-state index in [1.54, 1.807) is 0 Å². The Kier molecular flexibility index (Phi) is 8.34. The van der Waals surface area contributed by atoms with E-state index in [0.29, 0.717) is 13.0 Å². The molecule has 1 fully saturated rings. The van der Waals surface area contributed by atoms with Gasteiger partial charge in [-0.1, -0.05) is 30.7 Å². The number of nitrogens with zero attached hydrogens (tertiary/aromatic N) is 1. The van der Waals surface area contributed by atoms with Gasteiger partial charge in [0.15, 0.2) is 0 Å². The second-order valence-electron chi connectivity index (χ2n) is 6.02. The van der Waals surface area contributed by atoms with Crippen LogP contribution in [0.25, 0.3) is 0 Å². The van der Waals surface area contributed by atoms with Gasteiger partial charge in [0.25, 0.3) is 0 Å². The Morgan fingerprint density at radius 1 is 1.39 bits per heavy atom. The van der Waals surface area contributed by atoms with Gasteiger partial charge >= 0.3 is 0 Å². The standard InChI is InChI=1S/C17H25ClN2O2.ClH/c1-12(14-4-6-15(18)7-5-14)13(2)20(3)17(21)10-16-11-22-9-8-19-16;/h4-7,12-13,16,19H,8-11H2,1-3H3;1H. The number of morpholine rings is 1. The number of likely N-dealkylation sites (N-methyl/N-ethyl adjacent to an activating group) is 1. The molecule has 1 aromatic carbocycles. The first-order valence-corrected chi connectivity index (χ1v) is 8.19. The Bertz CT molecular complexity index is 490. The third-order valence-corrected chi connectivity index (χ3v) is 4.80. The summed E-state index contributed by atoms with van der Waals surface area (Å²) >= 11 is 5.93. The minimum Gasteiger partial charge on any atom is -0.378 e. The van der Waals surface area contributed by atoms with Gasteiger partial charge in [-0.25, -0.2) is 0 Å². The molecule has 0 aromatic heterocycles. The predicted octanol–water partition coefficient (Wildman–Crippen LogP) is 3.09. The fourth-order valence-corrected chi connectivity index (χ4v) is 2.84. The maximum atomic E-state index is 12.5. The van der Waals surface area contributed by atoms with Crippen molar-refractivity contribution in [3.63, 3.8) is 0 Å². The molecule has 1 aliphatic heterocycles. The SMILES string of the molecule is CC(c1ccc(Cl)cc1)C(C)N(C)C(=O)CC1COCCN1.Cl. The van der Waals surface area contributed by atoms with Crippen LogP contribution >= 0.6 is 24.0 Å². The van der Waals surface area contributed by atoms with E-state index in [2.05, 4.69) is 19.2 Å². The zero-order valence-corrected chi connectivity index (χ0v) is 15.5. The normalized spacial score (nSPS) is 20.3. The summed E-state index contributed by atoms with van der Waals surface area (Å²) in [6, 6.07) is 8.09. The van der Waals surface area contributed by atoms with Crippen LogP contribution in [0.1, 0.15) is 31.7 Å². The molecule has 6 heteroatoms. The van der Waals surface area contributed by atoms with Crippen molar-refractivity contribution >= 4 is 29.9 Å². The van der Waals surface area contributed by atoms with Gasteiger partial charge < -0.3 is 15.0 Å². The van der Waals surface area contributed by atoms with E-state index in [-0.39, 0.29) is 36.3 Å². The summed E-state index contributed by atoms with van der Waals surface area (Å²) in [7, 11) is 1.88. The third kappa shape index (κ3) is 5.64. The van der Waals surface area contributed by atoms with Gasteiger partial charge in [0.05, 0.1) is 13.2 Å². The highest BCUT2D eigenvalue weighted by atomic mass is 35.5. The van der Waals surface area contributed by atoms with Crippen molar-refractivity contribution in [2.75, 3.05) is 26.8 Å². The largest absolute Gasteiger partial charge is 0.378 e. The number of nitrogens with one attached hydrogen (secondary N) is 1. The minimum absolute atomic E-state index is 0. The Balaban J connectivity index is 0.00000264. The minimum atomic E-state index is 0. The predicted molar refractivity (Wildman–Crippen MR) is 96.6 cm³/mol. The van der Waals surface area contributed by atoms with Crippen LogP contribution in [0.4, 0.5) is 0 Å². The molecule has 130 valence electrons. The van der Waals surface area contributed by atoms with Gasteiger partial charge in [-0.3, -0.25) is 4.79 Å². The van der Waals surface area contributed by atoms with E-state index in [1.165, 1.54) is 5.56 Å². The van der Waals surface area contributed by atoms with Crippen molar-refractivity contribution in [3.8, 4) is 0 Å². The van der Waals surface area contributed by atoms with Gasteiger partial charge in [-0.2, -0.15) is 0 Å². The number of hydrogen-bond acceptors (Lipinski definition) is 3. The summed E-state index contributed by atoms with van der Waals surface area (Å²) in [5.41, 5.74) is 1.19. The summed E-state index contributed by atoms with van der Waals surface area (Å²) in [6.07, 6.45) is 0.480. The quantitative estimate of drug-likeness (QED) is 0.876. The van der Waals surface area contributed by atoms with Crippen LogP contribution in [0.2, 0.25) is 5.02 Å². The molecule has 0 bridgehead atoms. The molecular formula is C17H26Cl2N2O2. The molecule has 3 atom stereocenters.